The molecule has 1 aromatic carbocycles. The minimum absolute atomic E-state index is 0.0143. The van der Waals surface area contributed by atoms with Crippen LogP contribution < -0.4 is 9.80 Å². The van der Waals surface area contributed by atoms with Gasteiger partial charge in [0.25, 0.3) is 5.91 Å². The number of nitrogens with zero attached hydrogens (tertiary/aromatic N) is 7. The Labute approximate surface area is 246 Å². The molecule has 3 aliphatic heterocycles. The lowest BCUT2D eigenvalue weighted by Gasteiger charge is -2.27. The van der Waals surface area contributed by atoms with Crippen LogP contribution in [0.4, 0.5) is 20.3 Å². The third-order valence-corrected chi connectivity index (χ3v) is 9.25. The van der Waals surface area contributed by atoms with Crippen molar-refractivity contribution in [3.63, 3.8) is 0 Å². The number of likely N-dealkylation sites (tertiary alicyclic amines) is 1. The van der Waals surface area contributed by atoms with Crippen molar-refractivity contribution in [2.45, 2.75) is 25.7 Å². The molecule has 222 valence electrons. The van der Waals surface area contributed by atoms with Gasteiger partial charge in [-0.1, -0.05) is 19.1 Å². The van der Waals surface area contributed by atoms with Crippen molar-refractivity contribution in [1.82, 2.24) is 24.5 Å². The Morgan fingerprint density at radius 1 is 0.977 bits per heavy atom. The van der Waals surface area contributed by atoms with Crippen molar-refractivity contribution >= 4 is 29.0 Å². The average molecular weight is 588 g/mol. The van der Waals surface area contributed by atoms with E-state index in [-0.39, 0.29) is 34.8 Å². The first kappa shape index (κ1) is 27.2. The number of rotatable bonds is 5. The Bertz CT molecular complexity index is 1740. The summed E-state index contributed by atoms with van der Waals surface area (Å²) in [5, 5.41) is 13.8. The third kappa shape index (κ3) is 4.65. The number of aryl methyl sites for hydroxylation is 1. The Balaban J connectivity index is 1.06. The summed E-state index contributed by atoms with van der Waals surface area (Å²) >= 11 is 0. The number of halogens is 2. The van der Waals surface area contributed by atoms with Gasteiger partial charge in [-0.2, -0.15) is 0 Å². The van der Waals surface area contributed by atoms with Gasteiger partial charge in [-0.05, 0) is 49.2 Å². The lowest BCUT2D eigenvalue weighted by atomic mass is 9.81. The number of carboxylic acids is 1. The Morgan fingerprint density at radius 2 is 1.67 bits per heavy atom. The van der Waals surface area contributed by atoms with Gasteiger partial charge in [0.05, 0.1) is 11.9 Å². The second-order valence-electron chi connectivity index (χ2n) is 12.2. The van der Waals surface area contributed by atoms with Crippen LogP contribution in [0.5, 0.6) is 0 Å². The highest BCUT2D eigenvalue weighted by Crippen LogP contribution is 2.39. The molecule has 3 fully saturated rings. The van der Waals surface area contributed by atoms with Crippen LogP contribution in [-0.2, 0) is 5.41 Å². The third-order valence-electron chi connectivity index (χ3n) is 9.25. The van der Waals surface area contributed by atoms with E-state index in [1.807, 2.05) is 32.2 Å². The summed E-state index contributed by atoms with van der Waals surface area (Å²) in [6, 6.07) is 11.0. The van der Waals surface area contributed by atoms with Crippen molar-refractivity contribution < 1.29 is 23.5 Å². The Morgan fingerprint density at radius 3 is 2.37 bits per heavy atom. The molecule has 7 rings (SSSR count). The predicted molar refractivity (Wildman–Crippen MR) is 155 cm³/mol. The number of hydrogen-bond donors (Lipinski definition) is 1. The fourth-order valence-corrected chi connectivity index (χ4v) is 7.06. The maximum atomic E-state index is 14.6. The highest BCUT2D eigenvalue weighted by Gasteiger charge is 2.43. The predicted octanol–water partition coefficient (Wildman–Crippen LogP) is 3.79. The average Bonchev–Trinajstić information content (AvgIpc) is 3.75. The first-order valence-corrected chi connectivity index (χ1v) is 14.4. The van der Waals surface area contributed by atoms with Crippen LogP contribution >= 0.6 is 0 Å². The molecule has 0 bridgehead atoms. The van der Waals surface area contributed by atoms with Gasteiger partial charge >= 0.3 is 5.97 Å². The monoisotopic (exact) mass is 587 g/mol. The fourth-order valence-electron chi connectivity index (χ4n) is 7.06. The molecule has 3 atom stereocenters. The zero-order valence-corrected chi connectivity index (χ0v) is 23.9. The van der Waals surface area contributed by atoms with Crippen LogP contribution in [0.2, 0.25) is 0 Å². The maximum absolute atomic E-state index is 14.6. The van der Waals surface area contributed by atoms with Crippen molar-refractivity contribution in [3.05, 3.63) is 82.9 Å². The molecule has 3 aliphatic rings. The first-order valence-electron chi connectivity index (χ1n) is 14.4. The molecule has 0 aliphatic carbocycles. The number of aromatic carboxylic acids is 1. The minimum Gasteiger partial charge on any atom is -0.477 e. The number of pyridine rings is 2. The van der Waals surface area contributed by atoms with Gasteiger partial charge in [-0.15, -0.1) is 5.10 Å². The molecule has 1 unspecified atom stereocenters. The van der Waals surface area contributed by atoms with Crippen LogP contribution in [0.3, 0.4) is 0 Å². The van der Waals surface area contributed by atoms with Crippen molar-refractivity contribution in [2.24, 2.45) is 11.8 Å². The van der Waals surface area contributed by atoms with Crippen LogP contribution in [0.15, 0.2) is 48.7 Å². The number of carboxylic acid groups (broad SMARTS) is 1. The van der Waals surface area contributed by atoms with E-state index >= 15 is 0 Å². The molecule has 1 N–H and O–H groups in total. The van der Waals surface area contributed by atoms with Gasteiger partial charge in [0.2, 0.25) is 5.82 Å². The molecule has 1 amide bonds. The van der Waals surface area contributed by atoms with E-state index in [4.69, 9.17) is 0 Å². The number of carbonyl (C=O) groups is 2. The number of hydrogen-bond acceptors (Lipinski definition) is 7. The first-order chi connectivity index (χ1) is 20.6. The van der Waals surface area contributed by atoms with Crippen molar-refractivity contribution in [1.29, 1.82) is 0 Å². The summed E-state index contributed by atoms with van der Waals surface area (Å²) in [6.07, 6.45) is 2.42. The summed E-state index contributed by atoms with van der Waals surface area (Å²) in [5.41, 5.74) is 1.74. The Hall–Kier alpha value is -4.61. The highest BCUT2D eigenvalue weighted by molar-refractivity contribution is 5.91. The molecule has 43 heavy (non-hydrogen) atoms. The zero-order valence-electron chi connectivity index (χ0n) is 23.9. The SMILES string of the molecule is Cc1cc(N2CCC(C)(c3c(F)cccc3F)C2)cn2nc(C(=O)N3C[C@@H]4CN(c5cccc(C(=O)O)n5)C[C@@H]4C3)nc12. The van der Waals surface area contributed by atoms with Crippen LogP contribution in [-0.4, -0.2) is 80.7 Å². The van der Waals surface area contributed by atoms with E-state index in [0.717, 1.165) is 11.3 Å². The molecular weight excluding hydrogens is 556 g/mol. The second kappa shape index (κ2) is 9.99. The van der Waals surface area contributed by atoms with Crippen LogP contribution in [0, 0.1) is 30.4 Å². The maximum Gasteiger partial charge on any atom is 0.354 e. The van der Waals surface area contributed by atoms with Crippen molar-refractivity contribution in [3.8, 4) is 0 Å². The normalized spacial score (nSPS) is 23.4. The zero-order chi connectivity index (χ0) is 30.0. The molecular formula is C31H31F2N7O3. The van der Waals surface area contributed by atoms with Crippen LogP contribution in [0.1, 0.15) is 45.6 Å². The number of fused-ring (bicyclic) bond motifs is 2. The summed E-state index contributed by atoms with van der Waals surface area (Å²) in [6.45, 7) is 7.39. The van der Waals surface area contributed by atoms with Gasteiger partial charge < -0.3 is 19.8 Å². The van der Waals surface area contributed by atoms with Crippen molar-refractivity contribution in [2.75, 3.05) is 49.1 Å². The molecule has 0 saturated carbocycles. The smallest absolute Gasteiger partial charge is 0.354 e. The summed E-state index contributed by atoms with van der Waals surface area (Å²) in [5.74, 6) is -1.08. The van der Waals surface area contributed by atoms with Gasteiger partial charge in [0, 0.05) is 62.1 Å². The molecule has 3 saturated heterocycles. The molecule has 0 spiro atoms. The lowest BCUT2D eigenvalue weighted by Crippen LogP contribution is -2.34. The molecule has 12 heteroatoms. The topological polar surface area (TPSA) is 107 Å². The lowest BCUT2D eigenvalue weighted by molar-refractivity contribution is 0.0689. The molecule has 10 nitrogen and oxygen atoms in total. The van der Waals surface area contributed by atoms with E-state index in [1.54, 1.807) is 15.5 Å². The van der Waals surface area contributed by atoms with Gasteiger partial charge in [-0.25, -0.2) is 28.1 Å². The van der Waals surface area contributed by atoms with Gasteiger partial charge in [0.1, 0.15) is 17.5 Å². The van der Waals surface area contributed by atoms with Crippen LogP contribution in [0.25, 0.3) is 5.65 Å². The highest BCUT2D eigenvalue weighted by atomic mass is 19.1. The summed E-state index contributed by atoms with van der Waals surface area (Å²) in [4.78, 5) is 39.6. The molecule has 4 aromatic rings. The number of amides is 1. The van der Waals surface area contributed by atoms with E-state index in [9.17, 15) is 23.5 Å². The number of aromatic nitrogens is 4. The minimum atomic E-state index is -1.06. The number of benzene rings is 1. The summed E-state index contributed by atoms with van der Waals surface area (Å²) in [7, 11) is 0. The fraction of sp³-hybridized carbons (Fsp3) is 0.387. The Kier molecular flexibility index (Phi) is 6.33. The second-order valence-corrected chi connectivity index (χ2v) is 12.2. The molecule has 0 radical (unpaired) electrons. The number of carbonyl (C=O) groups excluding carboxylic acids is 1. The van der Waals surface area contributed by atoms with E-state index < -0.39 is 23.0 Å². The van der Waals surface area contributed by atoms with E-state index in [2.05, 4.69) is 24.9 Å². The van der Waals surface area contributed by atoms with Gasteiger partial charge in [0.15, 0.2) is 11.3 Å². The van der Waals surface area contributed by atoms with E-state index in [0.29, 0.717) is 57.2 Å². The molecule has 6 heterocycles. The largest absolute Gasteiger partial charge is 0.477 e. The quantitative estimate of drug-likeness (QED) is 0.376. The molecule has 3 aromatic heterocycles. The standard InChI is InChI=1S/C31H31F2N7O3/c1-18-11-21(37-10-9-31(2,17-37)26-22(32)5-3-6-23(26)33)16-40-28(18)35-27(36-40)29(41)39-14-19-12-38(13-20(19)15-39)25-8-4-7-24(34-25)30(42)43/h3-8,11,16,19-20H,9-10,12-15,17H2,1-2H3,(H,42,43)/t19-,20+,31?. The summed E-state index contributed by atoms with van der Waals surface area (Å²) < 4.78 is 30.9. The van der Waals surface area contributed by atoms with E-state index in [1.165, 1.54) is 24.3 Å². The number of anilines is 2. The van der Waals surface area contributed by atoms with Gasteiger partial charge in [-0.3, -0.25) is 4.79 Å².